The van der Waals surface area contributed by atoms with Gasteiger partial charge in [-0.25, -0.2) is 0 Å². The second-order valence-corrected chi connectivity index (χ2v) is 7.10. The van der Waals surface area contributed by atoms with Crippen LogP contribution in [-0.2, 0) is 0 Å². The van der Waals surface area contributed by atoms with Gasteiger partial charge in [-0.1, -0.05) is 18.2 Å². The van der Waals surface area contributed by atoms with Crippen LogP contribution in [0.2, 0.25) is 0 Å². The molecule has 4 rings (SSSR count). The van der Waals surface area contributed by atoms with Crippen LogP contribution in [0.3, 0.4) is 0 Å². The van der Waals surface area contributed by atoms with E-state index in [1.165, 1.54) is 29.2 Å². The molecule has 1 amide bonds. The first-order valence-corrected chi connectivity index (χ1v) is 9.83. The van der Waals surface area contributed by atoms with E-state index in [0.717, 1.165) is 0 Å². The molecule has 0 aromatic heterocycles. The Balaban J connectivity index is 2.01. The number of nitrogens with zero attached hydrogens (tertiary/aromatic N) is 1. The zero-order valence-corrected chi connectivity index (χ0v) is 16.6. The van der Waals surface area contributed by atoms with Crippen molar-refractivity contribution < 1.29 is 24.5 Å². The second-order valence-electron chi connectivity index (χ2n) is 7.10. The van der Waals surface area contributed by atoms with E-state index in [0.29, 0.717) is 39.0 Å². The summed E-state index contributed by atoms with van der Waals surface area (Å²) >= 11 is 0. The maximum atomic E-state index is 13.3. The normalized spacial score (nSPS) is 11.2. The van der Waals surface area contributed by atoms with Crippen LogP contribution in [0.1, 0.15) is 10.4 Å². The van der Waals surface area contributed by atoms with Gasteiger partial charge >= 0.3 is 0 Å². The Morgan fingerprint density at radius 2 is 1.65 bits per heavy atom. The fraction of sp³-hybridized carbons (Fsp3) is 0.167. The smallest absolute Gasteiger partial charge is 0.254 e. The maximum absolute atomic E-state index is 13.3. The summed E-state index contributed by atoms with van der Waals surface area (Å²) in [6.07, 6.45) is 0. The summed E-state index contributed by atoms with van der Waals surface area (Å²) in [5.74, 6) is 0.0201. The number of hydrogen-bond donors (Lipinski definition) is 3. The van der Waals surface area contributed by atoms with Crippen molar-refractivity contribution in [2.75, 3.05) is 26.3 Å². The number of aliphatic hydroxyl groups excluding tert-OH is 2. The number of fused-ring (bicyclic) bond motifs is 2. The molecule has 158 valence electrons. The minimum Gasteiger partial charge on any atom is -0.508 e. The number of phenolic OH excluding ortho intramolecular Hbond substituents is 1. The van der Waals surface area contributed by atoms with Gasteiger partial charge in [0.25, 0.3) is 5.91 Å². The standard InChI is InChI=1S/C24H21NO6/c26-11-9-25(10-12-27)24(30)18-4-2-1-3-17(18)23-19-7-5-15(28)13-21(19)31-22-14-16(29)6-8-20(22)23/h1-8,13-14,26-28H,9-12H2. The van der Waals surface area contributed by atoms with Gasteiger partial charge in [-0.05, 0) is 35.9 Å². The number of hydrogen-bond acceptors (Lipinski definition) is 6. The largest absolute Gasteiger partial charge is 0.508 e. The molecule has 31 heavy (non-hydrogen) atoms. The highest BCUT2D eigenvalue weighted by Crippen LogP contribution is 2.41. The van der Waals surface area contributed by atoms with Crippen LogP contribution in [0.15, 0.2) is 69.9 Å². The third-order valence-electron chi connectivity index (χ3n) is 5.13. The molecule has 0 fully saturated rings. The van der Waals surface area contributed by atoms with E-state index >= 15 is 0 Å². The van der Waals surface area contributed by atoms with Crippen LogP contribution in [0.5, 0.6) is 5.75 Å². The van der Waals surface area contributed by atoms with Crippen LogP contribution in [0.25, 0.3) is 33.4 Å². The summed E-state index contributed by atoms with van der Waals surface area (Å²) in [5, 5.41) is 29.3. The molecule has 1 heterocycles. The lowest BCUT2D eigenvalue weighted by atomic mass is 9.90. The molecule has 7 nitrogen and oxygen atoms in total. The van der Waals surface area contributed by atoms with Gasteiger partial charge in [0.15, 0.2) is 5.43 Å². The molecule has 1 aliphatic heterocycles. The van der Waals surface area contributed by atoms with E-state index in [4.69, 9.17) is 4.42 Å². The number of benzene rings is 3. The van der Waals surface area contributed by atoms with E-state index in [9.17, 15) is 24.9 Å². The van der Waals surface area contributed by atoms with Gasteiger partial charge in [0, 0.05) is 47.3 Å². The summed E-state index contributed by atoms with van der Waals surface area (Å²) in [4.78, 5) is 26.6. The van der Waals surface area contributed by atoms with Gasteiger partial charge in [-0.2, -0.15) is 0 Å². The third-order valence-corrected chi connectivity index (χ3v) is 5.13. The molecule has 0 unspecified atom stereocenters. The van der Waals surface area contributed by atoms with E-state index < -0.39 is 0 Å². The number of carbonyl (C=O) groups is 1. The van der Waals surface area contributed by atoms with Gasteiger partial charge in [0.1, 0.15) is 17.1 Å². The monoisotopic (exact) mass is 419 g/mol. The molecule has 0 atom stereocenters. The Morgan fingerprint density at radius 3 is 2.39 bits per heavy atom. The minimum absolute atomic E-state index is 0.0151. The number of phenols is 1. The Kier molecular flexibility index (Phi) is 5.70. The third kappa shape index (κ3) is 3.88. The Labute approximate surface area is 177 Å². The molecular formula is C24H21NO6. The Bertz CT molecular complexity index is 1270. The van der Waals surface area contributed by atoms with Gasteiger partial charge < -0.3 is 24.6 Å². The molecule has 2 aromatic carbocycles. The summed E-state index contributed by atoms with van der Waals surface area (Å²) in [5.41, 5.74) is 2.49. The highest BCUT2D eigenvalue weighted by Gasteiger charge is 2.24. The Hall–Kier alpha value is -3.68. The molecule has 7 heteroatoms. The first-order valence-electron chi connectivity index (χ1n) is 9.83. The average Bonchev–Trinajstić information content (AvgIpc) is 2.76. The molecular weight excluding hydrogens is 398 g/mol. The lowest BCUT2D eigenvalue weighted by Gasteiger charge is -2.23. The first-order chi connectivity index (χ1) is 15.0. The van der Waals surface area contributed by atoms with Crippen LogP contribution in [0.4, 0.5) is 0 Å². The highest BCUT2D eigenvalue weighted by atomic mass is 16.3. The van der Waals surface area contributed by atoms with Crippen LogP contribution in [0, 0.1) is 0 Å². The Morgan fingerprint density at radius 1 is 0.903 bits per heavy atom. The summed E-state index contributed by atoms with van der Waals surface area (Å²) in [6, 6.07) is 16.2. The minimum atomic E-state index is -0.333. The van der Waals surface area contributed by atoms with Gasteiger partial charge in [0.05, 0.1) is 13.2 Å². The molecule has 0 saturated carbocycles. The first kappa shape index (κ1) is 20.6. The summed E-state index contributed by atoms with van der Waals surface area (Å²) < 4.78 is 5.87. The fourth-order valence-electron chi connectivity index (χ4n) is 3.76. The van der Waals surface area contributed by atoms with Crippen molar-refractivity contribution in [3.8, 4) is 28.2 Å². The second kappa shape index (κ2) is 8.59. The molecule has 0 spiro atoms. The zero-order valence-electron chi connectivity index (χ0n) is 16.6. The van der Waals surface area contributed by atoms with Crippen molar-refractivity contribution in [2.45, 2.75) is 0 Å². The predicted octanol–water partition coefficient (Wildman–Crippen LogP) is 2.70. The highest BCUT2D eigenvalue weighted by molar-refractivity contribution is 6.09. The van der Waals surface area contributed by atoms with Crippen molar-refractivity contribution in [1.29, 1.82) is 0 Å². The summed E-state index contributed by atoms with van der Waals surface area (Å²) in [7, 11) is 0. The molecule has 0 bridgehead atoms. The SMILES string of the molecule is O=C(c1ccccc1-c1c2ccc(=O)cc-2oc2cc(O)ccc12)N(CCO)CCO. The predicted molar refractivity (Wildman–Crippen MR) is 116 cm³/mol. The van der Waals surface area contributed by atoms with Crippen LogP contribution >= 0.6 is 0 Å². The molecule has 2 aromatic rings. The molecule has 0 radical (unpaired) electrons. The van der Waals surface area contributed by atoms with Crippen molar-refractivity contribution in [3.05, 3.63) is 76.5 Å². The molecule has 3 N–H and O–H groups in total. The number of carbonyl (C=O) groups excluding carboxylic acids is 1. The average molecular weight is 419 g/mol. The molecule has 2 aliphatic rings. The molecule has 0 saturated heterocycles. The van der Waals surface area contributed by atoms with E-state index in [1.807, 2.05) is 0 Å². The quantitative estimate of drug-likeness (QED) is 0.415. The number of aromatic hydroxyl groups is 1. The lowest BCUT2D eigenvalue weighted by molar-refractivity contribution is 0.0685. The van der Waals surface area contributed by atoms with Crippen LogP contribution < -0.4 is 5.43 Å². The van der Waals surface area contributed by atoms with Crippen molar-refractivity contribution in [2.24, 2.45) is 0 Å². The van der Waals surface area contributed by atoms with E-state index in [2.05, 4.69) is 0 Å². The maximum Gasteiger partial charge on any atom is 0.254 e. The summed E-state index contributed by atoms with van der Waals surface area (Å²) in [6.45, 7) is -0.273. The zero-order chi connectivity index (χ0) is 22.0. The van der Waals surface area contributed by atoms with Gasteiger partial charge in [-0.3, -0.25) is 9.59 Å². The number of rotatable bonds is 6. The number of aliphatic hydroxyl groups is 2. The number of amides is 1. The van der Waals surface area contributed by atoms with Crippen molar-refractivity contribution in [3.63, 3.8) is 0 Å². The van der Waals surface area contributed by atoms with Crippen molar-refractivity contribution in [1.82, 2.24) is 4.90 Å². The van der Waals surface area contributed by atoms with Gasteiger partial charge in [0.2, 0.25) is 0 Å². The topological polar surface area (TPSA) is 111 Å². The van der Waals surface area contributed by atoms with Crippen LogP contribution in [-0.4, -0.2) is 52.4 Å². The van der Waals surface area contributed by atoms with E-state index in [1.54, 1.807) is 36.4 Å². The lowest BCUT2D eigenvalue weighted by Crippen LogP contribution is -2.36. The van der Waals surface area contributed by atoms with Gasteiger partial charge in [-0.15, -0.1) is 0 Å². The molecule has 1 aliphatic carbocycles. The fourth-order valence-corrected chi connectivity index (χ4v) is 3.76. The van der Waals surface area contributed by atoms with Crippen molar-refractivity contribution >= 4 is 16.9 Å². The van der Waals surface area contributed by atoms with E-state index in [-0.39, 0.29) is 43.4 Å².